The number of hydrogen-bond acceptors (Lipinski definition) is 3. The Morgan fingerprint density at radius 2 is 2.29 bits per heavy atom. The van der Waals surface area contributed by atoms with Crippen molar-refractivity contribution in [1.82, 2.24) is 10.2 Å². The van der Waals surface area contributed by atoms with E-state index in [0.29, 0.717) is 11.3 Å². The summed E-state index contributed by atoms with van der Waals surface area (Å²) < 4.78 is 25.8. The number of nitriles is 1. The molecule has 2 rings (SSSR count). The van der Waals surface area contributed by atoms with Crippen molar-refractivity contribution >= 4 is 11.3 Å². The quantitative estimate of drug-likeness (QED) is 0.786. The molecule has 0 aromatic carbocycles. The molecule has 2 heterocycles. The van der Waals surface area contributed by atoms with Crippen molar-refractivity contribution in [3.8, 4) is 17.3 Å². The van der Waals surface area contributed by atoms with Gasteiger partial charge >= 0.3 is 0 Å². The number of thiophene rings is 1. The second-order valence-electron chi connectivity index (χ2n) is 2.51. The van der Waals surface area contributed by atoms with Gasteiger partial charge in [-0.1, -0.05) is 0 Å². The minimum atomic E-state index is -0.948. The van der Waals surface area contributed by atoms with Gasteiger partial charge in [-0.2, -0.15) is 14.8 Å². The van der Waals surface area contributed by atoms with E-state index in [9.17, 15) is 8.78 Å². The Morgan fingerprint density at radius 3 is 2.86 bits per heavy atom. The monoisotopic (exact) mass is 211 g/mol. The molecule has 2 aromatic heterocycles. The van der Waals surface area contributed by atoms with Gasteiger partial charge in [0.2, 0.25) is 5.13 Å². The number of aromatic nitrogens is 2. The van der Waals surface area contributed by atoms with Gasteiger partial charge in [-0.25, -0.2) is 4.39 Å². The van der Waals surface area contributed by atoms with Gasteiger partial charge in [0, 0.05) is 5.38 Å². The van der Waals surface area contributed by atoms with Crippen LogP contribution in [0.15, 0.2) is 11.6 Å². The molecule has 6 heteroatoms. The fraction of sp³-hybridized carbons (Fsp3) is 0. The highest BCUT2D eigenvalue weighted by atomic mass is 32.1. The van der Waals surface area contributed by atoms with E-state index in [1.165, 1.54) is 11.6 Å². The van der Waals surface area contributed by atoms with Crippen LogP contribution in [0.4, 0.5) is 8.78 Å². The van der Waals surface area contributed by atoms with Crippen LogP contribution >= 0.6 is 11.3 Å². The second-order valence-corrected chi connectivity index (χ2v) is 3.34. The molecular formula is C8H3F2N3S. The van der Waals surface area contributed by atoms with Gasteiger partial charge in [0.05, 0.1) is 23.0 Å². The minimum absolute atomic E-state index is 0.0431. The highest BCUT2D eigenvalue weighted by Gasteiger charge is 2.17. The Morgan fingerprint density at radius 1 is 1.50 bits per heavy atom. The maximum absolute atomic E-state index is 13.1. The largest absolute Gasteiger partial charge is 0.276 e. The number of halogens is 2. The molecule has 0 amide bonds. The van der Waals surface area contributed by atoms with Crippen LogP contribution in [0.3, 0.4) is 0 Å². The summed E-state index contributed by atoms with van der Waals surface area (Å²) in [5.74, 6) is -0.948. The standard InChI is InChI=1S/C8H3F2N3S/c9-6-5(3-14-8(6)10)7-4(1-11)2-12-13-7/h2-3H,(H,12,13). The molecule has 2 aromatic rings. The summed E-state index contributed by atoms with van der Waals surface area (Å²) in [6.45, 7) is 0. The van der Waals surface area contributed by atoms with Gasteiger partial charge in [-0.05, 0) is 0 Å². The molecular weight excluding hydrogens is 208 g/mol. The molecule has 0 aliphatic rings. The summed E-state index contributed by atoms with van der Waals surface area (Å²) >= 11 is 0.650. The first-order valence-corrected chi connectivity index (χ1v) is 4.48. The van der Waals surface area contributed by atoms with Gasteiger partial charge in [0.25, 0.3) is 0 Å². The van der Waals surface area contributed by atoms with Crippen molar-refractivity contribution in [1.29, 1.82) is 5.26 Å². The van der Waals surface area contributed by atoms with E-state index in [-0.39, 0.29) is 16.8 Å². The molecule has 0 fully saturated rings. The van der Waals surface area contributed by atoms with E-state index in [0.717, 1.165) is 0 Å². The van der Waals surface area contributed by atoms with Gasteiger partial charge in [-0.3, -0.25) is 5.10 Å². The van der Waals surface area contributed by atoms with Gasteiger partial charge in [-0.15, -0.1) is 11.3 Å². The van der Waals surface area contributed by atoms with Crippen LogP contribution in [0.2, 0.25) is 0 Å². The third-order valence-electron chi connectivity index (χ3n) is 1.72. The number of nitrogens with one attached hydrogen (secondary N) is 1. The first-order valence-electron chi connectivity index (χ1n) is 3.60. The van der Waals surface area contributed by atoms with E-state index in [1.54, 1.807) is 0 Å². The van der Waals surface area contributed by atoms with E-state index in [4.69, 9.17) is 5.26 Å². The summed E-state index contributed by atoms with van der Waals surface area (Å²) in [5, 5.41) is 15.1. The van der Waals surface area contributed by atoms with E-state index in [2.05, 4.69) is 10.2 Å². The lowest BCUT2D eigenvalue weighted by molar-refractivity contribution is 0.533. The minimum Gasteiger partial charge on any atom is -0.276 e. The van der Waals surface area contributed by atoms with Crippen molar-refractivity contribution in [2.24, 2.45) is 0 Å². The maximum atomic E-state index is 13.1. The Hall–Kier alpha value is -1.74. The number of hydrogen-bond donors (Lipinski definition) is 1. The summed E-state index contributed by atoms with van der Waals surface area (Å²) in [6.07, 6.45) is 1.27. The first kappa shape index (κ1) is 8.84. The van der Waals surface area contributed by atoms with Crippen molar-refractivity contribution in [2.75, 3.05) is 0 Å². The van der Waals surface area contributed by atoms with Gasteiger partial charge in [0.15, 0.2) is 5.82 Å². The molecule has 0 bridgehead atoms. The summed E-state index contributed by atoms with van der Waals surface area (Å²) in [7, 11) is 0. The smallest absolute Gasteiger partial charge is 0.212 e. The summed E-state index contributed by atoms with van der Waals surface area (Å²) in [5.41, 5.74) is 0.452. The predicted octanol–water partition coefficient (Wildman–Crippen LogP) is 2.29. The molecule has 0 spiro atoms. The zero-order valence-corrected chi connectivity index (χ0v) is 7.53. The van der Waals surface area contributed by atoms with Crippen LogP contribution in [-0.4, -0.2) is 10.2 Å². The molecule has 0 saturated heterocycles. The fourth-order valence-electron chi connectivity index (χ4n) is 1.06. The zero-order chi connectivity index (χ0) is 10.1. The van der Waals surface area contributed by atoms with Crippen molar-refractivity contribution in [2.45, 2.75) is 0 Å². The number of H-pyrrole nitrogens is 1. The number of rotatable bonds is 1. The van der Waals surface area contributed by atoms with Gasteiger partial charge in [0.1, 0.15) is 6.07 Å². The van der Waals surface area contributed by atoms with Crippen LogP contribution < -0.4 is 0 Å². The van der Waals surface area contributed by atoms with Crippen LogP contribution in [0.1, 0.15) is 5.56 Å². The third-order valence-corrected chi connectivity index (χ3v) is 2.46. The van der Waals surface area contributed by atoms with E-state index in [1.807, 2.05) is 6.07 Å². The number of aromatic amines is 1. The molecule has 70 valence electrons. The molecule has 3 nitrogen and oxygen atoms in total. The molecule has 14 heavy (non-hydrogen) atoms. The Balaban J connectivity index is 2.61. The van der Waals surface area contributed by atoms with Crippen LogP contribution in [-0.2, 0) is 0 Å². The molecule has 1 N–H and O–H groups in total. The molecule has 0 unspecified atom stereocenters. The topological polar surface area (TPSA) is 52.5 Å². The highest BCUT2D eigenvalue weighted by Crippen LogP contribution is 2.29. The predicted molar refractivity (Wildman–Crippen MR) is 46.5 cm³/mol. The molecule has 0 radical (unpaired) electrons. The third kappa shape index (κ3) is 1.18. The average molecular weight is 211 g/mol. The lowest BCUT2D eigenvalue weighted by atomic mass is 10.1. The Labute approximate surface area is 81.6 Å². The summed E-state index contributed by atoms with van der Waals surface area (Å²) in [4.78, 5) is 0. The Kier molecular flexibility index (Phi) is 2.02. The first-order chi connectivity index (χ1) is 6.74. The molecule has 0 aliphatic heterocycles. The molecule has 0 atom stereocenters. The average Bonchev–Trinajstić information content (AvgIpc) is 2.75. The fourth-order valence-corrected chi connectivity index (χ4v) is 1.72. The maximum Gasteiger partial charge on any atom is 0.212 e. The number of nitrogens with zero attached hydrogens (tertiary/aromatic N) is 2. The normalized spacial score (nSPS) is 10.1. The van der Waals surface area contributed by atoms with Gasteiger partial charge < -0.3 is 0 Å². The van der Waals surface area contributed by atoms with Crippen LogP contribution in [0, 0.1) is 22.3 Å². The van der Waals surface area contributed by atoms with Crippen LogP contribution in [0.5, 0.6) is 0 Å². The lowest BCUT2D eigenvalue weighted by Crippen LogP contribution is -1.83. The van der Waals surface area contributed by atoms with Crippen LogP contribution in [0.25, 0.3) is 11.3 Å². The lowest BCUT2D eigenvalue weighted by Gasteiger charge is -1.92. The summed E-state index contributed by atoms with van der Waals surface area (Å²) in [6, 6.07) is 1.83. The second kappa shape index (κ2) is 3.20. The highest BCUT2D eigenvalue weighted by molar-refractivity contribution is 7.08. The SMILES string of the molecule is N#Cc1cn[nH]c1-c1csc(F)c1F. The van der Waals surface area contributed by atoms with Crippen molar-refractivity contribution < 1.29 is 8.78 Å². The van der Waals surface area contributed by atoms with E-state index < -0.39 is 10.9 Å². The Bertz CT molecular complexity index is 509. The van der Waals surface area contributed by atoms with E-state index >= 15 is 0 Å². The molecule has 0 saturated carbocycles. The van der Waals surface area contributed by atoms with Crippen molar-refractivity contribution in [3.63, 3.8) is 0 Å². The zero-order valence-electron chi connectivity index (χ0n) is 6.71. The van der Waals surface area contributed by atoms with Crippen molar-refractivity contribution in [3.05, 3.63) is 28.1 Å². The molecule has 0 aliphatic carbocycles.